The van der Waals surface area contributed by atoms with Crippen LogP contribution in [0.25, 0.3) is 0 Å². The highest BCUT2D eigenvalue weighted by Crippen LogP contribution is 2.22. The molecule has 0 spiro atoms. The molecule has 1 fully saturated rings. The van der Waals surface area contributed by atoms with Crippen molar-refractivity contribution in [3.8, 4) is 0 Å². The number of benzene rings is 1. The van der Waals surface area contributed by atoms with Gasteiger partial charge in [0, 0.05) is 47.0 Å². The zero-order valence-corrected chi connectivity index (χ0v) is 16.7. The van der Waals surface area contributed by atoms with Gasteiger partial charge in [-0.2, -0.15) is 5.10 Å². The number of nitrogens with one attached hydrogen (secondary N) is 1. The summed E-state index contributed by atoms with van der Waals surface area (Å²) in [7, 11) is -0.695. The molecule has 1 N–H and O–H groups in total. The van der Waals surface area contributed by atoms with Crippen LogP contribution in [0.3, 0.4) is 0 Å². The largest absolute Gasteiger partial charge is 0.333 e. The summed E-state index contributed by atoms with van der Waals surface area (Å²) in [4.78, 5) is 14.5. The highest BCUT2D eigenvalue weighted by Gasteiger charge is 2.23. The molecule has 5 nitrogen and oxygen atoms in total. The number of amides is 1. The van der Waals surface area contributed by atoms with E-state index in [-0.39, 0.29) is 18.3 Å². The van der Waals surface area contributed by atoms with Crippen molar-refractivity contribution in [2.75, 3.05) is 18.1 Å². The summed E-state index contributed by atoms with van der Waals surface area (Å²) in [5.74, 6) is 1.38. The van der Waals surface area contributed by atoms with Crippen LogP contribution in [0, 0.1) is 11.7 Å². The van der Waals surface area contributed by atoms with Gasteiger partial charge in [0.1, 0.15) is 10.4 Å². The first kappa shape index (κ1) is 19.2. The van der Waals surface area contributed by atoms with Crippen molar-refractivity contribution in [3.63, 3.8) is 0 Å². The number of aromatic amines is 1. The summed E-state index contributed by atoms with van der Waals surface area (Å²) >= 11 is 3.26. The van der Waals surface area contributed by atoms with Crippen molar-refractivity contribution in [1.29, 1.82) is 0 Å². The Morgan fingerprint density at radius 2 is 2.08 bits per heavy atom. The first-order valence-corrected chi connectivity index (χ1v) is 10.9. The molecule has 1 aromatic carbocycles. The van der Waals surface area contributed by atoms with E-state index in [1.165, 1.54) is 6.07 Å². The molecule has 1 amide bonds. The van der Waals surface area contributed by atoms with Gasteiger partial charge in [0.25, 0.3) is 5.91 Å². The average Bonchev–Trinajstić information content (AvgIpc) is 3.07. The van der Waals surface area contributed by atoms with Crippen LogP contribution in [-0.4, -0.2) is 43.3 Å². The molecule has 0 radical (unpaired) electrons. The molecule has 3 rings (SSSR count). The molecule has 1 aromatic heterocycles. The first-order valence-electron chi connectivity index (χ1n) is 8.61. The van der Waals surface area contributed by atoms with Crippen LogP contribution in [-0.2, 0) is 17.3 Å². The van der Waals surface area contributed by atoms with Crippen LogP contribution in [0.5, 0.6) is 0 Å². The Bertz CT molecular complexity index is 788. The number of halogens is 2. The van der Waals surface area contributed by atoms with Crippen molar-refractivity contribution in [2.45, 2.75) is 25.8 Å². The minimum absolute atomic E-state index is 0.203. The number of aromatic nitrogens is 2. The van der Waals surface area contributed by atoms with Gasteiger partial charge in [-0.3, -0.25) is 14.1 Å². The van der Waals surface area contributed by atoms with Crippen LogP contribution >= 0.6 is 15.9 Å². The fourth-order valence-electron chi connectivity index (χ4n) is 3.12. The molecule has 0 atom stereocenters. The maximum atomic E-state index is 14.1. The smallest absolute Gasteiger partial charge is 0.274 e. The lowest BCUT2D eigenvalue weighted by Gasteiger charge is -2.27. The Hall–Kier alpha value is -1.54. The molecule has 8 heteroatoms. The molecule has 1 saturated heterocycles. The molecule has 0 saturated carbocycles. The number of rotatable bonds is 6. The summed E-state index contributed by atoms with van der Waals surface area (Å²) in [6.07, 6.45) is 2.66. The van der Waals surface area contributed by atoms with Crippen LogP contribution < -0.4 is 0 Å². The molecular weight excluding hydrogens is 421 g/mol. The third-order valence-electron chi connectivity index (χ3n) is 4.69. The van der Waals surface area contributed by atoms with E-state index in [9.17, 15) is 13.4 Å². The van der Waals surface area contributed by atoms with E-state index in [4.69, 9.17) is 0 Å². The highest BCUT2D eigenvalue weighted by atomic mass is 79.9. The van der Waals surface area contributed by atoms with Crippen molar-refractivity contribution < 1.29 is 13.4 Å². The number of carbonyl (C=O) groups is 1. The monoisotopic (exact) mass is 441 g/mol. The number of nitrogens with zero attached hydrogens (tertiary/aromatic N) is 2. The fourth-order valence-corrected chi connectivity index (χ4v) is 4.83. The second-order valence-electron chi connectivity index (χ2n) is 6.50. The number of carbonyl (C=O) groups excluding carboxylic acids is 1. The number of hydrogen-bond donors (Lipinski definition) is 1. The normalized spacial score (nSPS) is 20.1. The van der Waals surface area contributed by atoms with E-state index in [1.54, 1.807) is 29.2 Å². The molecule has 2 aromatic rings. The molecule has 0 aliphatic carbocycles. The van der Waals surface area contributed by atoms with Crippen molar-refractivity contribution in [1.82, 2.24) is 15.1 Å². The standard InChI is InChI=1S/C18H21BrFN3O2S/c19-17-11-16(21-22-17)18(24)23(12-14-3-1-2-4-15(14)20)8-5-13-6-9-26(25)10-7-13/h1-4,11,13H,5-10,12H2,(H,21,22). The predicted molar refractivity (Wildman–Crippen MR) is 103 cm³/mol. The van der Waals surface area contributed by atoms with E-state index >= 15 is 0 Å². The van der Waals surface area contributed by atoms with Gasteiger partial charge < -0.3 is 4.90 Å². The first-order chi connectivity index (χ1) is 12.5. The second kappa shape index (κ2) is 8.90. The fraction of sp³-hybridized carbons (Fsp3) is 0.444. The number of H-pyrrole nitrogens is 1. The summed E-state index contributed by atoms with van der Waals surface area (Å²) in [5.41, 5.74) is 0.790. The lowest BCUT2D eigenvalue weighted by Crippen LogP contribution is -2.34. The molecule has 26 heavy (non-hydrogen) atoms. The van der Waals surface area contributed by atoms with Gasteiger partial charge >= 0.3 is 0 Å². The van der Waals surface area contributed by atoms with Crippen molar-refractivity contribution >= 4 is 32.6 Å². The summed E-state index contributed by atoms with van der Waals surface area (Å²) < 4.78 is 26.2. The van der Waals surface area contributed by atoms with Gasteiger partial charge in [0.2, 0.25) is 0 Å². The van der Waals surface area contributed by atoms with Gasteiger partial charge in [-0.05, 0) is 47.2 Å². The van der Waals surface area contributed by atoms with E-state index in [2.05, 4.69) is 26.1 Å². The minimum atomic E-state index is -0.695. The highest BCUT2D eigenvalue weighted by molar-refractivity contribution is 9.10. The summed E-state index contributed by atoms with van der Waals surface area (Å²) in [6, 6.07) is 8.13. The van der Waals surface area contributed by atoms with Gasteiger partial charge in [0.15, 0.2) is 5.69 Å². The topological polar surface area (TPSA) is 66.1 Å². The summed E-state index contributed by atoms with van der Waals surface area (Å²) in [5, 5.41) is 6.71. The SMILES string of the molecule is O=C(c1cc(Br)[nH]n1)N(CCC1CCS(=O)CC1)Cc1ccccc1F. The van der Waals surface area contributed by atoms with Crippen LogP contribution in [0.1, 0.15) is 35.3 Å². The van der Waals surface area contributed by atoms with Crippen LogP contribution in [0.2, 0.25) is 0 Å². The molecular formula is C18H21BrFN3O2S. The predicted octanol–water partition coefficient (Wildman–Crippen LogP) is 3.50. The quantitative estimate of drug-likeness (QED) is 0.745. The van der Waals surface area contributed by atoms with E-state index in [0.29, 0.717) is 28.3 Å². The Labute approximate surface area is 162 Å². The molecule has 2 heterocycles. The van der Waals surface area contributed by atoms with Crippen molar-refractivity contribution in [2.24, 2.45) is 5.92 Å². The average molecular weight is 442 g/mol. The van der Waals surface area contributed by atoms with Gasteiger partial charge in [0.05, 0.1) is 0 Å². The second-order valence-corrected chi connectivity index (χ2v) is 9.05. The van der Waals surface area contributed by atoms with Crippen molar-refractivity contribution in [3.05, 3.63) is 52.0 Å². The Morgan fingerprint density at radius 1 is 1.35 bits per heavy atom. The molecule has 140 valence electrons. The molecule has 1 aliphatic rings. The number of hydrogen-bond acceptors (Lipinski definition) is 3. The van der Waals surface area contributed by atoms with E-state index in [0.717, 1.165) is 30.8 Å². The maximum Gasteiger partial charge on any atom is 0.274 e. The lowest BCUT2D eigenvalue weighted by molar-refractivity contribution is 0.0724. The van der Waals surface area contributed by atoms with E-state index < -0.39 is 10.8 Å². The molecule has 1 aliphatic heterocycles. The lowest BCUT2D eigenvalue weighted by atomic mass is 9.98. The zero-order chi connectivity index (χ0) is 18.5. The van der Waals surface area contributed by atoms with Crippen LogP contribution in [0.4, 0.5) is 4.39 Å². The maximum absolute atomic E-state index is 14.1. The molecule has 0 bridgehead atoms. The van der Waals surface area contributed by atoms with Crippen LogP contribution in [0.15, 0.2) is 34.9 Å². The zero-order valence-electron chi connectivity index (χ0n) is 14.3. The minimum Gasteiger partial charge on any atom is -0.333 e. The third kappa shape index (κ3) is 5.01. The Balaban J connectivity index is 1.71. The van der Waals surface area contributed by atoms with E-state index in [1.807, 2.05) is 0 Å². The third-order valence-corrected chi connectivity index (χ3v) is 6.48. The molecule has 0 unspecified atom stereocenters. The van der Waals surface area contributed by atoms with Gasteiger partial charge in [-0.15, -0.1) is 0 Å². The Kier molecular flexibility index (Phi) is 6.58. The van der Waals surface area contributed by atoms with Gasteiger partial charge in [-0.25, -0.2) is 4.39 Å². The van der Waals surface area contributed by atoms with Gasteiger partial charge in [-0.1, -0.05) is 18.2 Å². The Morgan fingerprint density at radius 3 is 2.73 bits per heavy atom. The summed E-state index contributed by atoms with van der Waals surface area (Å²) in [6.45, 7) is 0.726.